The standard InChI is InChI=1S/C21H23NO5/c1-14-18(24)7-4-9-20(14)27-13-16-6-3-10-21(26)22(16)11-15-5-2-8-19(25)17(15)12-23/h2,4-5,7-9,12,16,24-25H,3,6,10-11,13H2,1H3. The molecule has 0 saturated carbocycles. The fraction of sp³-hybridized carbons (Fsp3) is 0.333. The predicted octanol–water partition coefficient (Wildman–Crippen LogP) is 3.18. The number of nitrogens with zero attached hydrogens (tertiary/aromatic N) is 1. The lowest BCUT2D eigenvalue weighted by molar-refractivity contribution is -0.138. The van der Waals surface area contributed by atoms with Crippen LogP contribution in [0, 0.1) is 6.92 Å². The Morgan fingerprint density at radius 3 is 2.70 bits per heavy atom. The maximum atomic E-state index is 12.5. The number of phenolic OH excluding ortho intramolecular Hbond substituents is 2. The summed E-state index contributed by atoms with van der Waals surface area (Å²) in [5.74, 6) is 0.663. The van der Waals surface area contributed by atoms with Crippen molar-refractivity contribution in [1.29, 1.82) is 0 Å². The Morgan fingerprint density at radius 1 is 1.19 bits per heavy atom. The molecule has 1 saturated heterocycles. The van der Waals surface area contributed by atoms with Crippen LogP contribution in [0.4, 0.5) is 0 Å². The number of ether oxygens (including phenoxy) is 1. The molecule has 0 spiro atoms. The summed E-state index contributed by atoms with van der Waals surface area (Å²) in [5, 5.41) is 19.7. The smallest absolute Gasteiger partial charge is 0.223 e. The molecule has 1 aliphatic rings. The molecule has 142 valence electrons. The molecule has 6 heteroatoms. The van der Waals surface area contributed by atoms with Crippen LogP contribution in [0.5, 0.6) is 17.2 Å². The lowest BCUT2D eigenvalue weighted by Gasteiger charge is -2.36. The Bertz CT molecular complexity index is 848. The predicted molar refractivity (Wildman–Crippen MR) is 100 cm³/mol. The summed E-state index contributed by atoms with van der Waals surface area (Å²) in [6.45, 7) is 2.32. The Morgan fingerprint density at radius 2 is 1.93 bits per heavy atom. The normalized spacial score (nSPS) is 17.0. The number of piperidine rings is 1. The molecule has 0 radical (unpaired) electrons. The average Bonchev–Trinajstić information content (AvgIpc) is 2.65. The quantitative estimate of drug-likeness (QED) is 0.764. The minimum atomic E-state index is -0.144. The highest BCUT2D eigenvalue weighted by atomic mass is 16.5. The Balaban J connectivity index is 1.78. The molecule has 27 heavy (non-hydrogen) atoms. The lowest BCUT2D eigenvalue weighted by atomic mass is 9.99. The molecule has 2 N–H and O–H groups in total. The van der Waals surface area contributed by atoms with Gasteiger partial charge in [0.15, 0.2) is 6.29 Å². The van der Waals surface area contributed by atoms with E-state index in [1.807, 2.05) is 0 Å². The van der Waals surface area contributed by atoms with E-state index < -0.39 is 0 Å². The second kappa shape index (κ2) is 8.12. The van der Waals surface area contributed by atoms with Gasteiger partial charge in [0.1, 0.15) is 23.9 Å². The SMILES string of the molecule is Cc1c(O)cccc1OCC1CCCC(=O)N1Cc1cccc(O)c1C=O. The number of aldehydes is 1. The summed E-state index contributed by atoms with van der Waals surface area (Å²) in [6, 6.07) is 9.80. The molecule has 1 atom stereocenters. The van der Waals surface area contributed by atoms with Crippen molar-refractivity contribution in [3.05, 3.63) is 53.1 Å². The van der Waals surface area contributed by atoms with Crippen molar-refractivity contribution in [2.45, 2.75) is 38.8 Å². The average molecular weight is 369 g/mol. The molecule has 1 unspecified atom stereocenters. The Hall–Kier alpha value is -3.02. The van der Waals surface area contributed by atoms with Gasteiger partial charge in [-0.25, -0.2) is 0 Å². The van der Waals surface area contributed by atoms with Crippen molar-refractivity contribution < 1.29 is 24.5 Å². The van der Waals surface area contributed by atoms with Gasteiger partial charge in [0.05, 0.1) is 11.6 Å². The van der Waals surface area contributed by atoms with E-state index >= 15 is 0 Å². The second-order valence-corrected chi connectivity index (χ2v) is 6.75. The third kappa shape index (κ3) is 4.05. The minimum Gasteiger partial charge on any atom is -0.508 e. The highest BCUT2D eigenvalue weighted by Gasteiger charge is 2.29. The van der Waals surface area contributed by atoms with Crippen molar-refractivity contribution in [3.63, 3.8) is 0 Å². The van der Waals surface area contributed by atoms with Gasteiger partial charge in [-0.05, 0) is 43.5 Å². The maximum Gasteiger partial charge on any atom is 0.223 e. The summed E-state index contributed by atoms with van der Waals surface area (Å²) in [4.78, 5) is 25.5. The molecular formula is C21H23NO5. The first-order valence-electron chi connectivity index (χ1n) is 8.98. The zero-order chi connectivity index (χ0) is 19.4. The summed E-state index contributed by atoms with van der Waals surface area (Å²) >= 11 is 0. The third-order valence-electron chi connectivity index (χ3n) is 5.01. The molecule has 1 fully saturated rings. The number of benzene rings is 2. The molecule has 2 aromatic rings. The monoisotopic (exact) mass is 369 g/mol. The van der Waals surface area contributed by atoms with E-state index in [1.165, 1.54) is 6.07 Å². The maximum absolute atomic E-state index is 12.5. The van der Waals surface area contributed by atoms with Gasteiger partial charge >= 0.3 is 0 Å². The Labute approximate surface area is 158 Å². The summed E-state index contributed by atoms with van der Waals surface area (Å²) in [5.41, 5.74) is 1.47. The van der Waals surface area contributed by atoms with Gasteiger partial charge < -0.3 is 19.8 Å². The number of carbonyl (C=O) groups is 2. The highest BCUT2D eigenvalue weighted by Crippen LogP contribution is 2.29. The molecule has 2 aromatic carbocycles. The van der Waals surface area contributed by atoms with Gasteiger partial charge in [-0.3, -0.25) is 9.59 Å². The van der Waals surface area contributed by atoms with Crippen molar-refractivity contribution in [2.75, 3.05) is 6.61 Å². The van der Waals surface area contributed by atoms with E-state index in [0.717, 1.165) is 12.8 Å². The minimum absolute atomic E-state index is 0.00247. The zero-order valence-electron chi connectivity index (χ0n) is 15.2. The molecular weight excluding hydrogens is 346 g/mol. The van der Waals surface area contributed by atoms with Crippen LogP contribution in [-0.4, -0.2) is 40.0 Å². The molecule has 0 aromatic heterocycles. The van der Waals surface area contributed by atoms with Crippen LogP contribution in [0.3, 0.4) is 0 Å². The number of phenols is 2. The van der Waals surface area contributed by atoms with Crippen LogP contribution >= 0.6 is 0 Å². The number of amides is 1. The van der Waals surface area contributed by atoms with Gasteiger partial charge in [-0.2, -0.15) is 0 Å². The third-order valence-corrected chi connectivity index (χ3v) is 5.01. The number of aromatic hydroxyl groups is 2. The fourth-order valence-electron chi connectivity index (χ4n) is 3.38. The highest BCUT2D eigenvalue weighted by molar-refractivity contribution is 5.82. The molecule has 0 aliphatic carbocycles. The topological polar surface area (TPSA) is 87.1 Å². The second-order valence-electron chi connectivity index (χ2n) is 6.75. The fourth-order valence-corrected chi connectivity index (χ4v) is 3.38. The van der Waals surface area contributed by atoms with Gasteiger partial charge in [-0.1, -0.05) is 18.2 Å². The number of rotatable bonds is 6. The van der Waals surface area contributed by atoms with E-state index in [2.05, 4.69) is 0 Å². The first-order valence-corrected chi connectivity index (χ1v) is 8.98. The van der Waals surface area contributed by atoms with Crippen molar-refractivity contribution >= 4 is 12.2 Å². The Kier molecular flexibility index (Phi) is 5.64. The number of likely N-dealkylation sites (tertiary alicyclic amines) is 1. The van der Waals surface area contributed by atoms with E-state index in [0.29, 0.717) is 36.2 Å². The largest absolute Gasteiger partial charge is 0.508 e. The first-order chi connectivity index (χ1) is 13.0. The zero-order valence-corrected chi connectivity index (χ0v) is 15.2. The molecule has 0 bridgehead atoms. The van der Waals surface area contributed by atoms with Gasteiger partial charge in [0.2, 0.25) is 5.91 Å². The first kappa shape index (κ1) is 18.8. The van der Waals surface area contributed by atoms with E-state index in [-0.39, 0.29) is 35.6 Å². The molecule has 1 heterocycles. The van der Waals surface area contributed by atoms with Crippen LogP contribution < -0.4 is 4.74 Å². The molecule has 3 rings (SSSR count). The summed E-state index contributed by atoms with van der Waals surface area (Å²) in [7, 11) is 0. The van der Waals surface area contributed by atoms with Crippen LogP contribution in [-0.2, 0) is 11.3 Å². The van der Waals surface area contributed by atoms with E-state index in [9.17, 15) is 19.8 Å². The van der Waals surface area contributed by atoms with E-state index in [1.54, 1.807) is 42.2 Å². The number of hydrogen-bond acceptors (Lipinski definition) is 5. The van der Waals surface area contributed by atoms with Crippen molar-refractivity contribution in [2.24, 2.45) is 0 Å². The van der Waals surface area contributed by atoms with Crippen LogP contribution in [0.2, 0.25) is 0 Å². The molecule has 1 amide bonds. The van der Waals surface area contributed by atoms with Gasteiger partial charge in [0, 0.05) is 18.5 Å². The van der Waals surface area contributed by atoms with Crippen LogP contribution in [0.15, 0.2) is 36.4 Å². The number of carbonyl (C=O) groups excluding carboxylic acids is 2. The van der Waals surface area contributed by atoms with Crippen molar-refractivity contribution in [3.8, 4) is 17.2 Å². The van der Waals surface area contributed by atoms with Gasteiger partial charge in [-0.15, -0.1) is 0 Å². The molecule has 1 aliphatic heterocycles. The van der Waals surface area contributed by atoms with Crippen LogP contribution in [0.1, 0.15) is 40.7 Å². The summed E-state index contributed by atoms with van der Waals surface area (Å²) in [6.07, 6.45) is 2.64. The van der Waals surface area contributed by atoms with Gasteiger partial charge in [0.25, 0.3) is 0 Å². The lowest BCUT2D eigenvalue weighted by Crippen LogP contribution is -2.46. The molecule has 6 nitrogen and oxygen atoms in total. The van der Waals surface area contributed by atoms with E-state index in [4.69, 9.17) is 4.74 Å². The van der Waals surface area contributed by atoms with Crippen LogP contribution in [0.25, 0.3) is 0 Å². The summed E-state index contributed by atoms with van der Waals surface area (Å²) < 4.78 is 5.88. The van der Waals surface area contributed by atoms with Crippen molar-refractivity contribution in [1.82, 2.24) is 4.90 Å². The number of hydrogen-bond donors (Lipinski definition) is 2.